The molecule has 3 heterocycles. The molecule has 1 amide bonds. The zero-order valence-electron chi connectivity index (χ0n) is 13.7. The SMILES string of the molecule is CCC(NCC(=O)Nc1nnc(-c2sccc2C)o1)c1ccc(Cl)s1. The highest BCUT2D eigenvalue weighted by molar-refractivity contribution is 7.16. The summed E-state index contributed by atoms with van der Waals surface area (Å²) >= 11 is 9.00. The van der Waals surface area contributed by atoms with Crippen molar-refractivity contribution in [3.63, 3.8) is 0 Å². The second kappa shape index (κ2) is 8.09. The van der Waals surface area contributed by atoms with Gasteiger partial charge in [0.1, 0.15) is 0 Å². The van der Waals surface area contributed by atoms with Gasteiger partial charge in [-0.15, -0.1) is 27.8 Å². The maximum atomic E-state index is 12.1. The van der Waals surface area contributed by atoms with E-state index in [1.54, 1.807) is 0 Å². The Balaban J connectivity index is 1.56. The molecule has 0 aromatic carbocycles. The molecule has 3 aromatic rings. The molecular weight excluding hydrogens is 380 g/mol. The molecule has 9 heteroatoms. The number of carbonyl (C=O) groups is 1. The predicted octanol–water partition coefficient (Wildman–Crippen LogP) is 4.50. The lowest BCUT2D eigenvalue weighted by molar-refractivity contribution is -0.115. The molecule has 25 heavy (non-hydrogen) atoms. The minimum atomic E-state index is -0.237. The first-order valence-electron chi connectivity index (χ1n) is 7.73. The summed E-state index contributed by atoms with van der Waals surface area (Å²) in [5.41, 5.74) is 1.06. The van der Waals surface area contributed by atoms with Crippen molar-refractivity contribution in [2.24, 2.45) is 0 Å². The molecule has 0 saturated carbocycles. The third-order valence-electron chi connectivity index (χ3n) is 3.58. The fourth-order valence-corrected chi connectivity index (χ4v) is 4.36. The molecule has 1 unspecified atom stereocenters. The normalized spacial score (nSPS) is 12.3. The van der Waals surface area contributed by atoms with Gasteiger partial charge in [0.15, 0.2) is 0 Å². The van der Waals surface area contributed by atoms with Crippen LogP contribution < -0.4 is 10.6 Å². The summed E-state index contributed by atoms with van der Waals surface area (Å²) < 4.78 is 6.25. The van der Waals surface area contributed by atoms with Crippen molar-refractivity contribution in [3.8, 4) is 10.8 Å². The third-order valence-corrected chi connectivity index (χ3v) is 5.93. The number of hydrogen-bond acceptors (Lipinski definition) is 7. The van der Waals surface area contributed by atoms with E-state index in [-0.39, 0.29) is 24.5 Å². The van der Waals surface area contributed by atoms with Crippen LogP contribution in [0.4, 0.5) is 6.01 Å². The number of amides is 1. The Morgan fingerprint density at radius 3 is 2.84 bits per heavy atom. The number of rotatable bonds is 7. The molecule has 0 saturated heterocycles. The van der Waals surface area contributed by atoms with E-state index in [0.29, 0.717) is 5.89 Å². The van der Waals surface area contributed by atoms with Gasteiger partial charge < -0.3 is 9.73 Å². The van der Waals surface area contributed by atoms with Crippen LogP contribution in [0.25, 0.3) is 10.8 Å². The van der Waals surface area contributed by atoms with Crippen LogP contribution in [0, 0.1) is 6.92 Å². The average molecular weight is 397 g/mol. The van der Waals surface area contributed by atoms with Crippen LogP contribution in [0.5, 0.6) is 0 Å². The Kier molecular flexibility index (Phi) is 5.85. The Morgan fingerprint density at radius 1 is 1.36 bits per heavy atom. The summed E-state index contributed by atoms with van der Waals surface area (Å²) in [4.78, 5) is 14.1. The van der Waals surface area contributed by atoms with Crippen LogP contribution in [-0.2, 0) is 4.79 Å². The molecular formula is C16H17ClN4O2S2. The van der Waals surface area contributed by atoms with Gasteiger partial charge in [-0.3, -0.25) is 10.1 Å². The highest BCUT2D eigenvalue weighted by Crippen LogP contribution is 2.29. The van der Waals surface area contributed by atoms with Gasteiger partial charge in [-0.1, -0.05) is 23.6 Å². The van der Waals surface area contributed by atoms with Gasteiger partial charge in [0.05, 0.1) is 15.8 Å². The number of halogens is 1. The smallest absolute Gasteiger partial charge is 0.322 e. The topological polar surface area (TPSA) is 80.0 Å². The maximum Gasteiger partial charge on any atom is 0.322 e. The summed E-state index contributed by atoms with van der Waals surface area (Å²) in [5, 5.41) is 15.6. The number of anilines is 1. The molecule has 6 nitrogen and oxygen atoms in total. The lowest BCUT2D eigenvalue weighted by Gasteiger charge is -2.14. The second-order valence-electron chi connectivity index (χ2n) is 5.38. The predicted molar refractivity (Wildman–Crippen MR) is 101 cm³/mol. The van der Waals surface area contributed by atoms with Gasteiger partial charge in [0.25, 0.3) is 5.89 Å². The average Bonchev–Trinajstić information content (AvgIpc) is 3.30. The van der Waals surface area contributed by atoms with Crippen LogP contribution in [-0.4, -0.2) is 22.6 Å². The van der Waals surface area contributed by atoms with Crippen LogP contribution in [0.3, 0.4) is 0 Å². The minimum absolute atomic E-state index is 0.0789. The third kappa shape index (κ3) is 4.46. The molecule has 0 aliphatic rings. The standard InChI is InChI=1S/C16H17ClN4O2S2/c1-3-10(11-4-5-12(17)25-11)18-8-13(22)19-16-21-20-15(23-16)14-9(2)6-7-24-14/h4-7,10,18H,3,8H2,1-2H3,(H,19,21,22). The van der Waals surface area contributed by atoms with Crippen molar-refractivity contribution in [2.45, 2.75) is 26.3 Å². The quantitative estimate of drug-likeness (QED) is 0.614. The number of nitrogens with one attached hydrogen (secondary N) is 2. The first-order chi connectivity index (χ1) is 12.1. The largest absolute Gasteiger partial charge is 0.402 e. The molecule has 2 N–H and O–H groups in total. The number of thiophene rings is 2. The Hall–Kier alpha value is -1.74. The first kappa shape index (κ1) is 18.1. The number of hydrogen-bond donors (Lipinski definition) is 2. The molecule has 0 aliphatic carbocycles. The van der Waals surface area contributed by atoms with Gasteiger partial charge in [-0.25, -0.2) is 0 Å². The Bertz CT molecular complexity index is 858. The van der Waals surface area contributed by atoms with E-state index in [4.69, 9.17) is 16.0 Å². The van der Waals surface area contributed by atoms with Crippen molar-refractivity contribution >= 4 is 46.2 Å². The highest BCUT2D eigenvalue weighted by Gasteiger charge is 2.16. The molecule has 0 spiro atoms. The summed E-state index contributed by atoms with van der Waals surface area (Å²) in [6.45, 7) is 4.17. The van der Waals surface area contributed by atoms with E-state index in [1.165, 1.54) is 22.7 Å². The van der Waals surface area contributed by atoms with Gasteiger partial charge in [-0.2, -0.15) is 0 Å². The lowest BCUT2D eigenvalue weighted by Crippen LogP contribution is -2.30. The van der Waals surface area contributed by atoms with Crippen LogP contribution in [0.2, 0.25) is 4.34 Å². The maximum absolute atomic E-state index is 12.1. The van der Waals surface area contributed by atoms with Crippen LogP contribution >= 0.6 is 34.3 Å². The molecule has 0 aliphatic heterocycles. The fraction of sp³-hybridized carbons (Fsp3) is 0.312. The summed E-state index contributed by atoms with van der Waals surface area (Å²) in [7, 11) is 0. The summed E-state index contributed by atoms with van der Waals surface area (Å²) in [6.07, 6.45) is 0.854. The van der Waals surface area contributed by atoms with Crippen molar-refractivity contribution in [1.82, 2.24) is 15.5 Å². The molecule has 0 radical (unpaired) electrons. The molecule has 0 fully saturated rings. The van der Waals surface area contributed by atoms with Crippen LogP contribution in [0.15, 0.2) is 28.0 Å². The molecule has 3 aromatic heterocycles. The highest BCUT2D eigenvalue weighted by atomic mass is 35.5. The van der Waals surface area contributed by atoms with Gasteiger partial charge in [-0.05, 0) is 42.5 Å². The monoisotopic (exact) mass is 396 g/mol. The lowest BCUT2D eigenvalue weighted by atomic mass is 10.2. The second-order valence-corrected chi connectivity index (χ2v) is 8.04. The van der Waals surface area contributed by atoms with Crippen molar-refractivity contribution in [1.29, 1.82) is 0 Å². The van der Waals surface area contributed by atoms with Gasteiger partial charge in [0.2, 0.25) is 5.91 Å². The van der Waals surface area contributed by atoms with E-state index in [2.05, 4.69) is 27.8 Å². The number of carbonyl (C=O) groups excluding carboxylic acids is 1. The summed E-state index contributed by atoms with van der Waals surface area (Å²) in [6, 6.07) is 5.99. The van der Waals surface area contributed by atoms with Gasteiger partial charge in [0, 0.05) is 10.9 Å². The fourth-order valence-electron chi connectivity index (χ4n) is 2.30. The molecule has 1 atom stereocenters. The van der Waals surface area contributed by atoms with E-state index >= 15 is 0 Å². The molecule has 132 valence electrons. The zero-order chi connectivity index (χ0) is 17.8. The molecule has 0 bridgehead atoms. The number of nitrogens with zero attached hydrogens (tertiary/aromatic N) is 2. The van der Waals surface area contributed by atoms with Crippen LogP contribution in [0.1, 0.15) is 29.8 Å². The first-order valence-corrected chi connectivity index (χ1v) is 9.80. The van der Waals surface area contributed by atoms with Crippen molar-refractivity contribution in [3.05, 3.63) is 38.4 Å². The van der Waals surface area contributed by atoms with E-state index in [9.17, 15) is 4.79 Å². The van der Waals surface area contributed by atoms with E-state index < -0.39 is 0 Å². The summed E-state index contributed by atoms with van der Waals surface area (Å²) in [5.74, 6) is 0.176. The number of aromatic nitrogens is 2. The Morgan fingerprint density at radius 2 is 2.20 bits per heavy atom. The van der Waals surface area contributed by atoms with Gasteiger partial charge >= 0.3 is 6.01 Å². The Labute approximate surface area is 158 Å². The minimum Gasteiger partial charge on any atom is -0.402 e. The zero-order valence-corrected chi connectivity index (χ0v) is 16.1. The number of aryl methyl sites for hydroxylation is 1. The molecule has 3 rings (SSSR count). The van der Waals surface area contributed by atoms with E-state index in [1.807, 2.05) is 30.5 Å². The van der Waals surface area contributed by atoms with E-state index in [0.717, 1.165) is 26.1 Å². The van der Waals surface area contributed by atoms with Crippen molar-refractivity contribution < 1.29 is 9.21 Å². The van der Waals surface area contributed by atoms with Crippen molar-refractivity contribution in [2.75, 3.05) is 11.9 Å².